The largest absolute Gasteiger partial charge is 0.313 e. The molecule has 0 fully saturated rings. The highest BCUT2D eigenvalue weighted by atomic mass is 14.8. The second-order valence-electron chi connectivity index (χ2n) is 5.70. The molecule has 0 amide bonds. The molecule has 0 aliphatic heterocycles. The van der Waals surface area contributed by atoms with E-state index in [-0.39, 0.29) is 0 Å². The summed E-state index contributed by atoms with van der Waals surface area (Å²) in [5, 5.41) is 3.47. The molecule has 0 saturated heterocycles. The van der Waals surface area contributed by atoms with Gasteiger partial charge in [0.15, 0.2) is 0 Å². The predicted octanol–water partition coefficient (Wildman–Crippen LogP) is 4.78. The molecule has 1 N–H and O–H groups in total. The SMILES string of the molecule is CCCNCc1ccc(C)c(-c2cc(C)cc(C)c2)c1. The van der Waals surface area contributed by atoms with Crippen molar-refractivity contribution in [2.75, 3.05) is 6.54 Å². The third-order valence-electron chi connectivity index (χ3n) is 3.59. The van der Waals surface area contributed by atoms with Gasteiger partial charge in [-0.1, -0.05) is 48.4 Å². The lowest BCUT2D eigenvalue weighted by Gasteiger charge is -2.11. The third kappa shape index (κ3) is 3.71. The molecule has 0 bridgehead atoms. The molecule has 1 nitrogen and oxygen atoms in total. The standard InChI is InChI=1S/C19H25N/c1-5-8-20-13-17-7-6-16(4)19(12-17)18-10-14(2)9-15(3)11-18/h6-7,9-12,20H,5,8,13H2,1-4H3. The summed E-state index contributed by atoms with van der Waals surface area (Å²) < 4.78 is 0. The zero-order valence-electron chi connectivity index (χ0n) is 13.1. The molecule has 2 aromatic rings. The summed E-state index contributed by atoms with van der Waals surface area (Å²) in [6.07, 6.45) is 1.18. The first-order chi connectivity index (χ1) is 9.60. The van der Waals surface area contributed by atoms with Crippen LogP contribution >= 0.6 is 0 Å². The summed E-state index contributed by atoms with van der Waals surface area (Å²) in [6.45, 7) is 10.7. The predicted molar refractivity (Wildman–Crippen MR) is 88.1 cm³/mol. The molecule has 0 aliphatic rings. The summed E-state index contributed by atoms with van der Waals surface area (Å²) in [4.78, 5) is 0. The molecule has 20 heavy (non-hydrogen) atoms. The van der Waals surface area contributed by atoms with Crippen molar-refractivity contribution in [2.45, 2.75) is 40.7 Å². The van der Waals surface area contributed by atoms with Gasteiger partial charge >= 0.3 is 0 Å². The van der Waals surface area contributed by atoms with Crippen molar-refractivity contribution in [3.05, 3.63) is 58.7 Å². The van der Waals surface area contributed by atoms with Crippen molar-refractivity contribution >= 4 is 0 Å². The lowest BCUT2D eigenvalue weighted by Crippen LogP contribution is -2.13. The number of benzene rings is 2. The molecule has 106 valence electrons. The van der Waals surface area contributed by atoms with Gasteiger partial charge in [-0.05, 0) is 62.1 Å². The first kappa shape index (κ1) is 14.8. The second kappa shape index (κ2) is 6.71. The smallest absolute Gasteiger partial charge is 0.0205 e. The molecular formula is C19H25N. The van der Waals surface area contributed by atoms with Crippen molar-refractivity contribution < 1.29 is 0 Å². The Morgan fingerprint density at radius 3 is 2.25 bits per heavy atom. The molecule has 0 saturated carbocycles. The fraction of sp³-hybridized carbons (Fsp3) is 0.368. The van der Waals surface area contributed by atoms with Crippen LogP contribution in [0.25, 0.3) is 11.1 Å². The Balaban J connectivity index is 2.32. The molecule has 0 atom stereocenters. The van der Waals surface area contributed by atoms with E-state index in [1.54, 1.807) is 0 Å². The Morgan fingerprint density at radius 2 is 1.60 bits per heavy atom. The van der Waals surface area contributed by atoms with Crippen LogP contribution < -0.4 is 5.32 Å². The van der Waals surface area contributed by atoms with Crippen LogP contribution in [0, 0.1) is 20.8 Å². The van der Waals surface area contributed by atoms with Crippen LogP contribution in [0.5, 0.6) is 0 Å². The zero-order chi connectivity index (χ0) is 14.5. The molecule has 1 heteroatoms. The third-order valence-corrected chi connectivity index (χ3v) is 3.59. The quantitative estimate of drug-likeness (QED) is 0.769. The molecule has 0 spiro atoms. The molecule has 0 aromatic heterocycles. The lowest BCUT2D eigenvalue weighted by molar-refractivity contribution is 0.675. The van der Waals surface area contributed by atoms with E-state index in [0.29, 0.717) is 0 Å². The van der Waals surface area contributed by atoms with Crippen molar-refractivity contribution in [2.24, 2.45) is 0 Å². The van der Waals surface area contributed by atoms with E-state index in [1.165, 1.54) is 39.8 Å². The minimum Gasteiger partial charge on any atom is -0.313 e. The lowest BCUT2D eigenvalue weighted by atomic mass is 9.95. The van der Waals surface area contributed by atoms with Gasteiger partial charge in [0, 0.05) is 6.54 Å². The Kier molecular flexibility index (Phi) is 4.97. The van der Waals surface area contributed by atoms with Gasteiger partial charge in [0.1, 0.15) is 0 Å². The first-order valence-electron chi connectivity index (χ1n) is 7.49. The normalized spacial score (nSPS) is 10.8. The summed E-state index contributed by atoms with van der Waals surface area (Å²) in [5.41, 5.74) is 8.04. The summed E-state index contributed by atoms with van der Waals surface area (Å²) in [5.74, 6) is 0. The van der Waals surface area contributed by atoms with Gasteiger partial charge in [0.05, 0.1) is 0 Å². The molecule has 0 heterocycles. The van der Waals surface area contributed by atoms with E-state index in [9.17, 15) is 0 Å². The minimum atomic E-state index is 0.950. The van der Waals surface area contributed by atoms with Crippen molar-refractivity contribution in [3.63, 3.8) is 0 Å². The number of rotatable bonds is 5. The van der Waals surface area contributed by atoms with E-state index in [2.05, 4.69) is 69.4 Å². The van der Waals surface area contributed by atoms with E-state index >= 15 is 0 Å². The van der Waals surface area contributed by atoms with E-state index in [1.807, 2.05) is 0 Å². The molecular weight excluding hydrogens is 242 g/mol. The monoisotopic (exact) mass is 267 g/mol. The molecule has 0 radical (unpaired) electrons. The molecule has 0 aliphatic carbocycles. The van der Waals surface area contributed by atoms with Gasteiger partial charge in [0.2, 0.25) is 0 Å². The van der Waals surface area contributed by atoms with Crippen LogP contribution in [-0.2, 0) is 6.54 Å². The van der Waals surface area contributed by atoms with Gasteiger partial charge < -0.3 is 5.32 Å². The molecule has 2 aromatic carbocycles. The second-order valence-corrected chi connectivity index (χ2v) is 5.70. The van der Waals surface area contributed by atoms with Crippen molar-refractivity contribution in [1.82, 2.24) is 5.32 Å². The maximum atomic E-state index is 3.47. The van der Waals surface area contributed by atoms with Gasteiger partial charge in [0.25, 0.3) is 0 Å². The fourth-order valence-electron chi connectivity index (χ4n) is 2.63. The highest BCUT2D eigenvalue weighted by Gasteiger charge is 2.05. The summed E-state index contributed by atoms with van der Waals surface area (Å²) in [6, 6.07) is 13.6. The summed E-state index contributed by atoms with van der Waals surface area (Å²) in [7, 11) is 0. The Bertz CT molecular complexity index is 564. The Labute approximate surface area is 123 Å². The Hall–Kier alpha value is -1.60. The topological polar surface area (TPSA) is 12.0 Å². The van der Waals surface area contributed by atoms with Crippen molar-refractivity contribution in [3.8, 4) is 11.1 Å². The highest BCUT2D eigenvalue weighted by molar-refractivity contribution is 5.69. The summed E-state index contributed by atoms with van der Waals surface area (Å²) >= 11 is 0. The van der Waals surface area contributed by atoms with Gasteiger partial charge in [-0.25, -0.2) is 0 Å². The van der Waals surface area contributed by atoms with E-state index in [0.717, 1.165) is 13.1 Å². The molecule has 0 unspecified atom stereocenters. The fourth-order valence-corrected chi connectivity index (χ4v) is 2.63. The average Bonchev–Trinajstić information content (AvgIpc) is 2.40. The van der Waals surface area contributed by atoms with Crippen LogP contribution in [0.4, 0.5) is 0 Å². The van der Waals surface area contributed by atoms with Crippen LogP contribution in [0.15, 0.2) is 36.4 Å². The number of aryl methyl sites for hydroxylation is 3. The van der Waals surface area contributed by atoms with Crippen molar-refractivity contribution in [1.29, 1.82) is 0 Å². The van der Waals surface area contributed by atoms with Gasteiger partial charge in [-0.2, -0.15) is 0 Å². The van der Waals surface area contributed by atoms with E-state index in [4.69, 9.17) is 0 Å². The molecule has 2 rings (SSSR count). The van der Waals surface area contributed by atoms with Crippen LogP contribution in [0.2, 0.25) is 0 Å². The highest BCUT2D eigenvalue weighted by Crippen LogP contribution is 2.26. The first-order valence-corrected chi connectivity index (χ1v) is 7.49. The van der Waals surface area contributed by atoms with Crippen LogP contribution in [0.3, 0.4) is 0 Å². The number of hydrogen-bond donors (Lipinski definition) is 1. The van der Waals surface area contributed by atoms with Gasteiger partial charge in [-0.15, -0.1) is 0 Å². The van der Waals surface area contributed by atoms with Crippen LogP contribution in [-0.4, -0.2) is 6.54 Å². The maximum Gasteiger partial charge on any atom is 0.0205 e. The average molecular weight is 267 g/mol. The number of hydrogen-bond acceptors (Lipinski definition) is 1. The number of nitrogens with one attached hydrogen (secondary N) is 1. The minimum absolute atomic E-state index is 0.950. The Morgan fingerprint density at radius 1 is 0.900 bits per heavy atom. The maximum absolute atomic E-state index is 3.47. The zero-order valence-corrected chi connectivity index (χ0v) is 13.1. The van der Waals surface area contributed by atoms with Crippen LogP contribution in [0.1, 0.15) is 35.6 Å². The van der Waals surface area contributed by atoms with Gasteiger partial charge in [-0.3, -0.25) is 0 Å². The van der Waals surface area contributed by atoms with E-state index < -0.39 is 0 Å².